The van der Waals surface area contributed by atoms with Gasteiger partial charge in [-0.25, -0.2) is 0 Å². The van der Waals surface area contributed by atoms with E-state index in [1.165, 1.54) is 0 Å². The van der Waals surface area contributed by atoms with Crippen molar-refractivity contribution in [3.05, 3.63) is 17.2 Å². The fourth-order valence-electron chi connectivity index (χ4n) is 1.39. The minimum Gasteiger partial charge on any atom is -0.486 e. The van der Waals surface area contributed by atoms with Gasteiger partial charge in [0.15, 0.2) is 11.5 Å². The van der Waals surface area contributed by atoms with Gasteiger partial charge in [0.25, 0.3) is 0 Å². The fourth-order valence-corrected chi connectivity index (χ4v) is 1.65. The van der Waals surface area contributed by atoms with E-state index in [0.29, 0.717) is 35.4 Å². The Labute approximate surface area is 109 Å². The molecule has 0 aromatic heterocycles. The third-order valence-corrected chi connectivity index (χ3v) is 2.76. The molecule has 1 N–H and O–H groups in total. The van der Waals surface area contributed by atoms with Crippen molar-refractivity contribution in [1.82, 2.24) is 0 Å². The van der Waals surface area contributed by atoms with E-state index in [0.717, 1.165) is 0 Å². The lowest BCUT2D eigenvalue weighted by atomic mass is 10.2. The van der Waals surface area contributed by atoms with Crippen LogP contribution < -0.4 is 14.8 Å². The standard InChI is InChI=1S/C11H11Cl2NO3/c1-6(12)11(15)14-8-5-10-9(4-7(8)13)16-2-3-17-10/h4-6H,2-3H2,1H3,(H,14,15). The van der Waals surface area contributed by atoms with E-state index < -0.39 is 5.38 Å². The van der Waals surface area contributed by atoms with Gasteiger partial charge in [-0.3, -0.25) is 4.79 Å². The van der Waals surface area contributed by atoms with Crippen LogP contribution in [0.5, 0.6) is 11.5 Å². The number of benzene rings is 1. The molecule has 0 saturated heterocycles. The quantitative estimate of drug-likeness (QED) is 0.845. The molecule has 6 heteroatoms. The molecule has 0 fully saturated rings. The third-order valence-electron chi connectivity index (χ3n) is 2.25. The summed E-state index contributed by atoms with van der Waals surface area (Å²) in [4.78, 5) is 11.5. The van der Waals surface area contributed by atoms with Gasteiger partial charge >= 0.3 is 0 Å². The van der Waals surface area contributed by atoms with E-state index in [1.807, 2.05) is 0 Å². The molecule has 92 valence electrons. The van der Waals surface area contributed by atoms with Crippen LogP contribution in [0, 0.1) is 0 Å². The molecule has 1 amide bonds. The summed E-state index contributed by atoms with van der Waals surface area (Å²) in [6, 6.07) is 3.25. The number of fused-ring (bicyclic) bond motifs is 1. The Morgan fingerprint density at radius 2 is 1.94 bits per heavy atom. The molecular formula is C11H11Cl2NO3. The predicted octanol–water partition coefficient (Wildman–Crippen LogP) is 2.68. The van der Waals surface area contributed by atoms with Crippen molar-refractivity contribution in [3.8, 4) is 11.5 Å². The number of carbonyl (C=O) groups is 1. The lowest BCUT2D eigenvalue weighted by Crippen LogP contribution is -2.21. The highest BCUT2D eigenvalue weighted by Gasteiger charge is 2.17. The number of halogens is 2. The third kappa shape index (κ3) is 2.76. The summed E-state index contributed by atoms with van der Waals surface area (Å²) in [5.74, 6) is 0.835. The Bertz CT molecular complexity index is 449. The Hall–Kier alpha value is -1.13. The zero-order valence-electron chi connectivity index (χ0n) is 9.13. The first-order valence-electron chi connectivity index (χ1n) is 5.12. The van der Waals surface area contributed by atoms with Gasteiger partial charge in [-0.2, -0.15) is 0 Å². The number of anilines is 1. The van der Waals surface area contributed by atoms with Crippen LogP contribution in [-0.2, 0) is 4.79 Å². The van der Waals surface area contributed by atoms with Crippen molar-refractivity contribution in [2.24, 2.45) is 0 Å². The molecule has 0 spiro atoms. The van der Waals surface area contributed by atoms with Gasteiger partial charge in [-0.1, -0.05) is 11.6 Å². The maximum absolute atomic E-state index is 11.5. The summed E-state index contributed by atoms with van der Waals surface area (Å²) >= 11 is 11.7. The van der Waals surface area contributed by atoms with Gasteiger partial charge in [0, 0.05) is 12.1 Å². The first-order valence-corrected chi connectivity index (χ1v) is 5.93. The van der Waals surface area contributed by atoms with Crippen LogP contribution >= 0.6 is 23.2 Å². The highest BCUT2D eigenvalue weighted by Crippen LogP contribution is 2.37. The zero-order valence-corrected chi connectivity index (χ0v) is 10.6. The number of alkyl halides is 1. The maximum Gasteiger partial charge on any atom is 0.242 e. The summed E-state index contributed by atoms with van der Waals surface area (Å²) in [5, 5.41) is 2.38. The molecule has 1 aliphatic heterocycles. The summed E-state index contributed by atoms with van der Waals surface area (Å²) in [5.41, 5.74) is 0.466. The molecule has 4 nitrogen and oxygen atoms in total. The number of hydrogen-bond acceptors (Lipinski definition) is 3. The predicted molar refractivity (Wildman–Crippen MR) is 66.4 cm³/mol. The van der Waals surface area contributed by atoms with Crippen molar-refractivity contribution in [2.75, 3.05) is 18.5 Å². The Kier molecular flexibility index (Phi) is 3.64. The summed E-state index contributed by atoms with van der Waals surface area (Å²) < 4.78 is 10.8. The number of hydrogen-bond donors (Lipinski definition) is 1. The van der Waals surface area contributed by atoms with Gasteiger partial charge in [-0.15, -0.1) is 11.6 Å². The SMILES string of the molecule is CC(Cl)C(=O)Nc1cc2c(cc1Cl)OCCO2. The van der Waals surface area contributed by atoms with Crippen molar-refractivity contribution in [1.29, 1.82) is 0 Å². The molecule has 1 atom stereocenters. The van der Waals surface area contributed by atoms with Crippen LogP contribution in [0.25, 0.3) is 0 Å². The van der Waals surface area contributed by atoms with Gasteiger partial charge in [-0.05, 0) is 6.92 Å². The van der Waals surface area contributed by atoms with Crippen LogP contribution in [0.1, 0.15) is 6.92 Å². The lowest BCUT2D eigenvalue weighted by molar-refractivity contribution is -0.115. The van der Waals surface area contributed by atoms with Crippen LogP contribution in [-0.4, -0.2) is 24.5 Å². The molecule has 2 rings (SSSR count). The van der Waals surface area contributed by atoms with Crippen molar-refractivity contribution in [2.45, 2.75) is 12.3 Å². The van der Waals surface area contributed by atoms with Gasteiger partial charge < -0.3 is 14.8 Å². The normalized spacial score (nSPS) is 15.2. The van der Waals surface area contributed by atoms with Crippen LogP contribution in [0.2, 0.25) is 5.02 Å². The summed E-state index contributed by atoms with van der Waals surface area (Å²) in [7, 11) is 0. The molecule has 17 heavy (non-hydrogen) atoms. The van der Waals surface area contributed by atoms with Crippen LogP contribution in [0.15, 0.2) is 12.1 Å². The highest BCUT2D eigenvalue weighted by molar-refractivity contribution is 6.35. The number of nitrogens with one attached hydrogen (secondary N) is 1. The summed E-state index contributed by atoms with van der Waals surface area (Å²) in [6.45, 7) is 2.56. The van der Waals surface area contributed by atoms with Crippen molar-refractivity contribution < 1.29 is 14.3 Å². The lowest BCUT2D eigenvalue weighted by Gasteiger charge is -2.20. The number of rotatable bonds is 2. The molecule has 0 aliphatic carbocycles. The van der Waals surface area contributed by atoms with Gasteiger partial charge in [0.1, 0.15) is 18.6 Å². The summed E-state index contributed by atoms with van der Waals surface area (Å²) in [6.07, 6.45) is 0. The van der Waals surface area contributed by atoms with Crippen molar-refractivity contribution in [3.63, 3.8) is 0 Å². The molecule has 0 radical (unpaired) electrons. The van der Waals surface area contributed by atoms with E-state index in [4.69, 9.17) is 32.7 Å². The number of ether oxygens (including phenoxy) is 2. The monoisotopic (exact) mass is 275 g/mol. The number of carbonyl (C=O) groups excluding carboxylic acids is 1. The molecule has 0 saturated carbocycles. The topological polar surface area (TPSA) is 47.6 Å². The van der Waals surface area contributed by atoms with Gasteiger partial charge in [0.05, 0.1) is 10.7 Å². The zero-order chi connectivity index (χ0) is 12.4. The van der Waals surface area contributed by atoms with E-state index in [2.05, 4.69) is 5.32 Å². The van der Waals surface area contributed by atoms with E-state index in [-0.39, 0.29) is 5.91 Å². The first-order chi connectivity index (χ1) is 8.08. The first kappa shape index (κ1) is 12.3. The second-order valence-electron chi connectivity index (χ2n) is 3.58. The fraction of sp³-hybridized carbons (Fsp3) is 0.364. The van der Waals surface area contributed by atoms with Crippen LogP contribution in [0.4, 0.5) is 5.69 Å². The Morgan fingerprint density at radius 1 is 1.35 bits per heavy atom. The maximum atomic E-state index is 11.5. The second kappa shape index (κ2) is 5.02. The Balaban J connectivity index is 2.26. The Morgan fingerprint density at radius 3 is 2.53 bits per heavy atom. The minimum atomic E-state index is -0.626. The smallest absolute Gasteiger partial charge is 0.242 e. The molecular weight excluding hydrogens is 265 g/mol. The van der Waals surface area contributed by atoms with E-state index >= 15 is 0 Å². The highest BCUT2D eigenvalue weighted by atomic mass is 35.5. The average molecular weight is 276 g/mol. The molecule has 1 unspecified atom stereocenters. The molecule has 1 aromatic carbocycles. The molecule has 1 heterocycles. The molecule has 0 bridgehead atoms. The largest absolute Gasteiger partial charge is 0.486 e. The van der Waals surface area contributed by atoms with E-state index in [1.54, 1.807) is 19.1 Å². The number of amides is 1. The molecule has 1 aliphatic rings. The second-order valence-corrected chi connectivity index (χ2v) is 4.64. The van der Waals surface area contributed by atoms with Gasteiger partial charge in [0.2, 0.25) is 5.91 Å². The van der Waals surface area contributed by atoms with Crippen LogP contribution in [0.3, 0.4) is 0 Å². The van der Waals surface area contributed by atoms with Crippen molar-refractivity contribution >= 4 is 34.8 Å². The minimum absolute atomic E-state index is 0.315. The average Bonchev–Trinajstić information content (AvgIpc) is 2.29. The van der Waals surface area contributed by atoms with E-state index in [9.17, 15) is 4.79 Å². The molecule has 1 aromatic rings.